The monoisotopic (exact) mass is 331 g/mol. The third kappa shape index (κ3) is 17.8. The number of aliphatic hydroxyl groups excluding tert-OH is 1. The van der Waals surface area contributed by atoms with Crippen LogP contribution in [0.2, 0.25) is 0 Å². The standard InChI is InChI=1S/C18H35O3S/c1-3-4-5-6-7-8-9-10-11-12-15-22-16-18(20)13-14-21-17(2)19/h14,18,20H,3-13,15-16H2,1-2H3. The molecule has 1 atom stereocenters. The Morgan fingerprint density at radius 1 is 1.05 bits per heavy atom. The quantitative estimate of drug-likeness (QED) is 0.315. The van der Waals surface area contributed by atoms with Gasteiger partial charge in [0, 0.05) is 19.1 Å². The molecule has 1 unspecified atom stereocenters. The lowest BCUT2D eigenvalue weighted by Gasteiger charge is -2.09. The van der Waals surface area contributed by atoms with Gasteiger partial charge in [0.25, 0.3) is 0 Å². The summed E-state index contributed by atoms with van der Waals surface area (Å²) >= 11 is 1.79. The first-order chi connectivity index (χ1) is 10.7. The van der Waals surface area contributed by atoms with Crippen LogP contribution < -0.4 is 0 Å². The molecule has 0 saturated carbocycles. The Morgan fingerprint density at radius 3 is 2.14 bits per heavy atom. The van der Waals surface area contributed by atoms with E-state index in [1.807, 2.05) is 0 Å². The molecule has 0 aromatic heterocycles. The van der Waals surface area contributed by atoms with Gasteiger partial charge in [-0.2, -0.15) is 11.8 Å². The summed E-state index contributed by atoms with van der Waals surface area (Å²) < 4.78 is 4.69. The summed E-state index contributed by atoms with van der Waals surface area (Å²) in [5.41, 5.74) is 0. The van der Waals surface area contributed by atoms with Gasteiger partial charge in [0.15, 0.2) is 0 Å². The zero-order chi connectivity index (χ0) is 16.5. The first-order valence-electron chi connectivity index (χ1n) is 8.91. The van der Waals surface area contributed by atoms with Crippen molar-refractivity contribution < 1.29 is 14.6 Å². The average molecular weight is 332 g/mol. The van der Waals surface area contributed by atoms with Crippen LogP contribution in [-0.2, 0) is 9.53 Å². The SMILES string of the molecule is CCCCCCCCCCCCSCC(O)C[CH]OC(C)=O. The van der Waals surface area contributed by atoms with Gasteiger partial charge in [-0.15, -0.1) is 0 Å². The van der Waals surface area contributed by atoms with Gasteiger partial charge in [-0.05, 0) is 12.2 Å². The molecular weight excluding hydrogens is 296 g/mol. The van der Waals surface area contributed by atoms with E-state index in [4.69, 9.17) is 4.74 Å². The van der Waals surface area contributed by atoms with E-state index in [0.29, 0.717) is 6.42 Å². The first kappa shape index (κ1) is 21.8. The highest BCUT2D eigenvalue weighted by molar-refractivity contribution is 7.99. The van der Waals surface area contributed by atoms with E-state index < -0.39 is 6.10 Å². The number of rotatable bonds is 16. The van der Waals surface area contributed by atoms with Crippen molar-refractivity contribution in [1.29, 1.82) is 0 Å². The summed E-state index contributed by atoms with van der Waals surface area (Å²) in [7, 11) is 0. The molecule has 0 amide bonds. The summed E-state index contributed by atoms with van der Waals surface area (Å²) in [5.74, 6) is 1.50. The summed E-state index contributed by atoms with van der Waals surface area (Å²) in [6, 6.07) is 0. The lowest BCUT2D eigenvalue weighted by atomic mass is 10.1. The number of carbonyl (C=O) groups excluding carboxylic acids is 1. The normalized spacial score (nSPS) is 12.3. The van der Waals surface area contributed by atoms with Crippen molar-refractivity contribution in [2.45, 2.75) is 90.6 Å². The predicted octanol–water partition coefficient (Wildman–Crippen LogP) is 5.12. The molecule has 22 heavy (non-hydrogen) atoms. The molecule has 0 saturated heterocycles. The molecule has 0 bridgehead atoms. The van der Waals surface area contributed by atoms with E-state index in [1.54, 1.807) is 11.8 Å². The molecule has 0 spiro atoms. The molecule has 0 aromatic rings. The zero-order valence-corrected chi connectivity index (χ0v) is 15.3. The van der Waals surface area contributed by atoms with Crippen LogP contribution in [0.3, 0.4) is 0 Å². The highest BCUT2D eigenvalue weighted by atomic mass is 32.2. The molecule has 0 aliphatic rings. The number of hydrogen-bond donors (Lipinski definition) is 1. The Bertz CT molecular complexity index is 246. The number of carbonyl (C=O) groups is 1. The molecule has 0 aliphatic carbocycles. The van der Waals surface area contributed by atoms with Gasteiger partial charge in [0.05, 0.1) is 6.10 Å². The minimum Gasteiger partial charge on any atom is -0.459 e. The molecular formula is C18H35O3S. The predicted molar refractivity (Wildman–Crippen MR) is 95.9 cm³/mol. The minimum atomic E-state index is -0.410. The lowest BCUT2D eigenvalue weighted by Crippen LogP contribution is -2.12. The third-order valence-corrected chi connectivity index (χ3v) is 4.77. The van der Waals surface area contributed by atoms with Gasteiger partial charge >= 0.3 is 5.97 Å². The number of esters is 1. The number of hydrogen-bond acceptors (Lipinski definition) is 4. The number of ether oxygens (including phenoxy) is 1. The molecule has 0 aliphatic heterocycles. The summed E-state index contributed by atoms with van der Waals surface area (Å²) in [5, 5.41) is 9.68. The maximum absolute atomic E-state index is 10.6. The van der Waals surface area contributed by atoms with Crippen molar-refractivity contribution in [3.63, 3.8) is 0 Å². The molecule has 0 heterocycles. The Hall–Kier alpha value is -0.220. The van der Waals surface area contributed by atoms with E-state index in [9.17, 15) is 9.90 Å². The van der Waals surface area contributed by atoms with Crippen molar-refractivity contribution in [2.24, 2.45) is 0 Å². The van der Waals surface area contributed by atoms with Gasteiger partial charge < -0.3 is 9.84 Å². The summed E-state index contributed by atoms with van der Waals surface area (Å²) in [6.07, 6.45) is 13.6. The van der Waals surface area contributed by atoms with E-state index >= 15 is 0 Å². The van der Waals surface area contributed by atoms with Crippen LogP contribution in [-0.4, -0.2) is 28.7 Å². The third-order valence-electron chi connectivity index (χ3n) is 3.57. The highest BCUT2D eigenvalue weighted by Crippen LogP contribution is 2.13. The maximum atomic E-state index is 10.6. The van der Waals surface area contributed by atoms with Crippen LogP contribution in [0.5, 0.6) is 0 Å². The van der Waals surface area contributed by atoms with Gasteiger partial charge in [-0.25, -0.2) is 0 Å². The second-order valence-electron chi connectivity index (χ2n) is 5.92. The molecule has 1 N–H and O–H groups in total. The maximum Gasteiger partial charge on any atom is 0.303 e. The van der Waals surface area contributed by atoms with Crippen molar-refractivity contribution in [1.82, 2.24) is 0 Å². The molecule has 3 nitrogen and oxygen atoms in total. The van der Waals surface area contributed by atoms with Crippen molar-refractivity contribution in [3.8, 4) is 0 Å². The second-order valence-corrected chi connectivity index (χ2v) is 7.07. The lowest BCUT2D eigenvalue weighted by molar-refractivity contribution is -0.137. The van der Waals surface area contributed by atoms with Crippen LogP contribution in [0.1, 0.15) is 84.5 Å². The molecule has 0 rings (SSSR count). The molecule has 4 heteroatoms. The van der Waals surface area contributed by atoms with Crippen LogP contribution in [0.4, 0.5) is 0 Å². The Labute approximate surface area is 141 Å². The van der Waals surface area contributed by atoms with E-state index in [-0.39, 0.29) is 5.97 Å². The van der Waals surface area contributed by atoms with Crippen molar-refractivity contribution >= 4 is 17.7 Å². The van der Waals surface area contributed by atoms with Crippen LogP contribution in [0.25, 0.3) is 0 Å². The summed E-state index contributed by atoms with van der Waals surface area (Å²) in [6.45, 7) is 5.02. The van der Waals surface area contributed by atoms with Crippen molar-refractivity contribution in [2.75, 3.05) is 11.5 Å². The fourth-order valence-electron chi connectivity index (χ4n) is 2.26. The Balaban J connectivity index is 3.11. The Kier molecular flexibility index (Phi) is 17.0. The number of thioether (sulfide) groups is 1. The molecule has 1 radical (unpaired) electrons. The second kappa shape index (κ2) is 17.1. The highest BCUT2D eigenvalue weighted by Gasteiger charge is 2.05. The van der Waals surface area contributed by atoms with Crippen LogP contribution in [0, 0.1) is 6.61 Å². The average Bonchev–Trinajstić information content (AvgIpc) is 2.48. The summed E-state index contributed by atoms with van der Waals surface area (Å²) in [4.78, 5) is 10.6. The number of unbranched alkanes of at least 4 members (excludes halogenated alkanes) is 9. The van der Waals surface area contributed by atoms with Gasteiger partial charge in [-0.3, -0.25) is 4.79 Å². The fraction of sp³-hybridized carbons (Fsp3) is 0.889. The van der Waals surface area contributed by atoms with Gasteiger partial charge in [0.2, 0.25) is 0 Å². The van der Waals surface area contributed by atoms with Gasteiger partial charge in [0.1, 0.15) is 6.61 Å². The van der Waals surface area contributed by atoms with Crippen LogP contribution in [0.15, 0.2) is 0 Å². The molecule has 0 fully saturated rings. The largest absolute Gasteiger partial charge is 0.459 e. The fourth-order valence-corrected chi connectivity index (χ4v) is 3.24. The van der Waals surface area contributed by atoms with Gasteiger partial charge in [-0.1, -0.05) is 64.7 Å². The van der Waals surface area contributed by atoms with Crippen LogP contribution >= 0.6 is 11.8 Å². The smallest absolute Gasteiger partial charge is 0.303 e. The molecule has 131 valence electrons. The van der Waals surface area contributed by atoms with E-state index in [1.165, 1.54) is 77.7 Å². The Morgan fingerprint density at radius 2 is 1.59 bits per heavy atom. The minimum absolute atomic E-state index is 0.329. The molecule has 0 aromatic carbocycles. The van der Waals surface area contributed by atoms with E-state index in [2.05, 4.69) is 6.92 Å². The van der Waals surface area contributed by atoms with Crippen molar-refractivity contribution in [3.05, 3.63) is 6.61 Å². The zero-order valence-electron chi connectivity index (χ0n) is 14.5. The first-order valence-corrected chi connectivity index (χ1v) is 10.1. The number of aliphatic hydroxyl groups is 1. The topological polar surface area (TPSA) is 46.5 Å². The van der Waals surface area contributed by atoms with E-state index in [0.717, 1.165) is 11.5 Å².